The molecule has 0 bridgehead atoms. The van der Waals surface area contributed by atoms with E-state index in [1.54, 1.807) is 0 Å². The Kier molecular flexibility index (Phi) is 3.87. The van der Waals surface area contributed by atoms with Crippen molar-refractivity contribution in [3.05, 3.63) is 18.2 Å². The van der Waals surface area contributed by atoms with Crippen LogP contribution in [-0.2, 0) is 7.05 Å². The van der Waals surface area contributed by atoms with Crippen molar-refractivity contribution in [2.75, 3.05) is 7.05 Å². The molecule has 1 fully saturated rings. The predicted molar refractivity (Wildman–Crippen MR) is 70.7 cm³/mol. The smallest absolute Gasteiger partial charge is 0.0946 e. The van der Waals surface area contributed by atoms with Crippen molar-refractivity contribution < 1.29 is 0 Å². The molecule has 0 radical (unpaired) electrons. The first-order chi connectivity index (χ1) is 8.11. The maximum Gasteiger partial charge on any atom is 0.0946 e. The summed E-state index contributed by atoms with van der Waals surface area (Å²) in [5.74, 6) is 2.45. The number of hydrogen-bond donors (Lipinski definition) is 1. The Morgan fingerprint density at radius 3 is 2.41 bits per heavy atom. The molecular formula is C14H25N3. The predicted octanol–water partition coefficient (Wildman–Crippen LogP) is 2.75. The monoisotopic (exact) mass is 235 g/mol. The van der Waals surface area contributed by atoms with E-state index in [-0.39, 0.29) is 0 Å². The Morgan fingerprint density at radius 1 is 1.29 bits per heavy atom. The SMILES string of the molecule is CNC(c1cncn1C)C1CC(C)CC(C)C1. The maximum absolute atomic E-state index is 4.25. The third-order valence-electron chi connectivity index (χ3n) is 4.17. The van der Waals surface area contributed by atoms with Crippen LogP contribution in [0.3, 0.4) is 0 Å². The minimum Gasteiger partial charge on any atom is -0.336 e. The van der Waals surface area contributed by atoms with Gasteiger partial charge in [-0.1, -0.05) is 13.8 Å². The van der Waals surface area contributed by atoms with Crippen LogP contribution in [0.15, 0.2) is 12.5 Å². The first-order valence-electron chi connectivity index (χ1n) is 6.75. The third kappa shape index (κ3) is 2.71. The summed E-state index contributed by atoms with van der Waals surface area (Å²) >= 11 is 0. The molecule has 0 aromatic carbocycles. The van der Waals surface area contributed by atoms with E-state index < -0.39 is 0 Å². The zero-order chi connectivity index (χ0) is 12.4. The van der Waals surface area contributed by atoms with Crippen molar-refractivity contribution in [2.45, 2.75) is 39.2 Å². The van der Waals surface area contributed by atoms with Crippen molar-refractivity contribution in [3.8, 4) is 0 Å². The molecular weight excluding hydrogens is 210 g/mol. The lowest BCUT2D eigenvalue weighted by Gasteiger charge is -2.36. The van der Waals surface area contributed by atoms with Gasteiger partial charge in [0, 0.05) is 13.2 Å². The third-order valence-corrected chi connectivity index (χ3v) is 4.17. The molecule has 1 aromatic rings. The largest absolute Gasteiger partial charge is 0.336 e. The lowest BCUT2D eigenvalue weighted by Crippen LogP contribution is -2.32. The van der Waals surface area contributed by atoms with Crippen LogP contribution in [0.25, 0.3) is 0 Å². The van der Waals surface area contributed by atoms with E-state index >= 15 is 0 Å². The number of aryl methyl sites for hydroxylation is 1. The average Bonchev–Trinajstić information content (AvgIpc) is 2.65. The number of imidazole rings is 1. The standard InChI is InChI=1S/C14H25N3/c1-10-5-11(2)7-12(6-10)14(15-3)13-8-16-9-17(13)4/h8-12,14-15H,5-7H2,1-4H3. The van der Waals surface area contributed by atoms with E-state index in [9.17, 15) is 0 Å². The number of rotatable bonds is 3. The van der Waals surface area contributed by atoms with Gasteiger partial charge in [-0.3, -0.25) is 0 Å². The van der Waals surface area contributed by atoms with Crippen molar-refractivity contribution in [3.63, 3.8) is 0 Å². The Bertz CT molecular complexity index is 348. The highest BCUT2D eigenvalue weighted by Crippen LogP contribution is 2.39. The minimum absolute atomic E-state index is 0.452. The van der Waals surface area contributed by atoms with E-state index in [1.165, 1.54) is 25.0 Å². The molecule has 1 N–H and O–H groups in total. The summed E-state index contributed by atoms with van der Waals surface area (Å²) < 4.78 is 2.14. The molecule has 1 heterocycles. The van der Waals surface area contributed by atoms with Crippen LogP contribution in [0.5, 0.6) is 0 Å². The Labute approximate surface area is 105 Å². The lowest BCUT2D eigenvalue weighted by molar-refractivity contribution is 0.177. The summed E-state index contributed by atoms with van der Waals surface area (Å²) in [5.41, 5.74) is 1.32. The molecule has 3 nitrogen and oxygen atoms in total. The van der Waals surface area contributed by atoms with Gasteiger partial charge in [0.2, 0.25) is 0 Å². The normalized spacial score (nSPS) is 31.4. The van der Waals surface area contributed by atoms with Crippen LogP contribution < -0.4 is 5.32 Å². The summed E-state index contributed by atoms with van der Waals surface area (Å²) in [6.07, 6.45) is 7.96. The highest BCUT2D eigenvalue weighted by Gasteiger charge is 2.31. The van der Waals surface area contributed by atoms with Crippen molar-refractivity contribution >= 4 is 0 Å². The van der Waals surface area contributed by atoms with E-state index in [2.05, 4.69) is 42.8 Å². The fourth-order valence-corrected chi connectivity index (χ4v) is 3.57. The molecule has 2 rings (SSSR count). The van der Waals surface area contributed by atoms with E-state index in [1.807, 2.05) is 12.5 Å². The molecule has 96 valence electrons. The van der Waals surface area contributed by atoms with Crippen LogP contribution in [0.4, 0.5) is 0 Å². The zero-order valence-corrected chi connectivity index (χ0v) is 11.5. The molecule has 1 aromatic heterocycles. The van der Waals surface area contributed by atoms with E-state index in [0.717, 1.165) is 17.8 Å². The molecule has 3 atom stereocenters. The van der Waals surface area contributed by atoms with Gasteiger partial charge in [-0.25, -0.2) is 4.98 Å². The molecule has 1 aliphatic carbocycles. The number of hydrogen-bond acceptors (Lipinski definition) is 2. The van der Waals surface area contributed by atoms with Crippen molar-refractivity contribution in [1.82, 2.24) is 14.9 Å². The van der Waals surface area contributed by atoms with Crippen LogP contribution in [0.1, 0.15) is 44.8 Å². The summed E-state index contributed by atoms with van der Waals surface area (Å²) in [7, 11) is 4.16. The maximum atomic E-state index is 4.25. The van der Waals surface area contributed by atoms with E-state index in [4.69, 9.17) is 0 Å². The summed E-state index contributed by atoms with van der Waals surface area (Å²) in [6, 6.07) is 0.452. The van der Waals surface area contributed by atoms with Gasteiger partial charge < -0.3 is 9.88 Å². The fourth-order valence-electron chi connectivity index (χ4n) is 3.57. The highest BCUT2D eigenvalue weighted by atomic mass is 15.1. The Hall–Kier alpha value is -0.830. The molecule has 1 saturated carbocycles. The zero-order valence-electron chi connectivity index (χ0n) is 11.5. The summed E-state index contributed by atoms with van der Waals surface area (Å²) in [6.45, 7) is 4.78. The fraction of sp³-hybridized carbons (Fsp3) is 0.786. The van der Waals surface area contributed by atoms with Gasteiger partial charge in [-0.15, -0.1) is 0 Å². The second-order valence-corrected chi connectivity index (χ2v) is 5.87. The molecule has 0 aliphatic heterocycles. The molecule has 0 saturated heterocycles. The first-order valence-corrected chi connectivity index (χ1v) is 6.75. The molecule has 1 aliphatic rings. The van der Waals surface area contributed by atoms with Gasteiger partial charge in [-0.05, 0) is 44.1 Å². The molecule has 3 heteroatoms. The molecule has 0 amide bonds. The quantitative estimate of drug-likeness (QED) is 0.873. The van der Waals surface area contributed by atoms with Crippen LogP contribution in [-0.4, -0.2) is 16.6 Å². The van der Waals surface area contributed by atoms with Crippen LogP contribution in [0.2, 0.25) is 0 Å². The number of nitrogens with one attached hydrogen (secondary N) is 1. The summed E-state index contributed by atoms with van der Waals surface area (Å²) in [4.78, 5) is 4.25. The molecule has 3 unspecified atom stereocenters. The molecule has 17 heavy (non-hydrogen) atoms. The van der Waals surface area contributed by atoms with Gasteiger partial charge in [0.25, 0.3) is 0 Å². The Balaban J connectivity index is 2.15. The second kappa shape index (κ2) is 5.21. The number of aromatic nitrogens is 2. The second-order valence-electron chi connectivity index (χ2n) is 5.87. The Morgan fingerprint density at radius 2 is 1.94 bits per heavy atom. The topological polar surface area (TPSA) is 29.9 Å². The van der Waals surface area contributed by atoms with Crippen LogP contribution in [0, 0.1) is 17.8 Å². The van der Waals surface area contributed by atoms with Gasteiger partial charge in [-0.2, -0.15) is 0 Å². The van der Waals surface area contributed by atoms with Gasteiger partial charge in [0.05, 0.1) is 18.1 Å². The van der Waals surface area contributed by atoms with Crippen molar-refractivity contribution in [2.24, 2.45) is 24.8 Å². The van der Waals surface area contributed by atoms with Gasteiger partial charge in [0.15, 0.2) is 0 Å². The van der Waals surface area contributed by atoms with Crippen LogP contribution >= 0.6 is 0 Å². The molecule has 0 spiro atoms. The van der Waals surface area contributed by atoms with E-state index in [0.29, 0.717) is 6.04 Å². The minimum atomic E-state index is 0.452. The van der Waals surface area contributed by atoms with Gasteiger partial charge >= 0.3 is 0 Å². The highest BCUT2D eigenvalue weighted by molar-refractivity contribution is 5.07. The van der Waals surface area contributed by atoms with Gasteiger partial charge in [0.1, 0.15) is 0 Å². The average molecular weight is 235 g/mol. The van der Waals surface area contributed by atoms with Crippen molar-refractivity contribution in [1.29, 1.82) is 0 Å². The number of nitrogens with zero attached hydrogens (tertiary/aromatic N) is 2. The summed E-state index contributed by atoms with van der Waals surface area (Å²) in [5, 5.41) is 3.50. The lowest BCUT2D eigenvalue weighted by atomic mass is 9.73. The first kappa shape index (κ1) is 12.6.